The van der Waals surface area contributed by atoms with E-state index in [1.807, 2.05) is 0 Å². The van der Waals surface area contributed by atoms with E-state index >= 15 is 0 Å². The Hall–Kier alpha value is 0.660. The zero-order valence-electron chi connectivity index (χ0n) is 7.12. The van der Waals surface area contributed by atoms with E-state index in [2.05, 4.69) is 36.2 Å². The van der Waals surface area contributed by atoms with Gasteiger partial charge in [0.15, 0.2) is 0 Å². The van der Waals surface area contributed by atoms with Crippen LogP contribution in [0, 0.1) is 0 Å². The van der Waals surface area contributed by atoms with Crippen LogP contribution in [0.15, 0.2) is 0 Å². The molecule has 1 fully saturated rings. The van der Waals surface area contributed by atoms with Crippen molar-refractivity contribution in [3.63, 3.8) is 0 Å². The van der Waals surface area contributed by atoms with Gasteiger partial charge in [-0.25, -0.2) is 0 Å². The standard InChI is InChI=1S/C8H17NS2/c1-8-7-9(3-2-5-10)4-6-11-8/h8,10H,2-7H2,1H3. The Morgan fingerprint density at radius 2 is 2.45 bits per heavy atom. The molecule has 0 saturated carbocycles. The van der Waals surface area contributed by atoms with Crippen molar-refractivity contribution in [2.45, 2.75) is 18.6 Å². The molecule has 0 spiro atoms. The monoisotopic (exact) mass is 191 g/mol. The Morgan fingerprint density at radius 1 is 1.64 bits per heavy atom. The van der Waals surface area contributed by atoms with Crippen LogP contribution < -0.4 is 0 Å². The summed E-state index contributed by atoms with van der Waals surface area (Å²) in [7, 11) is 0. The number of nitrogens with zero attached hydrogens (tertiary/aromatic N) is 1. The van der Waals surface area contributed by atoms with Gasteiger partial charge in [-0.1, -0.05) is 6.92 Å². The third-order valence-electron chi connectivity index (χ3n) is 1.96. The molecular formula is C8H17NS2. The predicted octanol–water partition coefficient (Wildman–Crippen LogP) is 1.74. The maximum Gasteiger partial charge on any atom is 0.0147 e. The third kappa shape index (κ3) is 3.72. The molecule has 1 nitrogen and oxygen atoms in total. The average Bonchev–Trinajstić information content (AvgIpc) is 2.01. The molecule has 11 heavy (non-hydrogen) atoms. The maximum atomic E-state index is 4.21. The Labute approximate surface area is 79.3 Å². The molecule has 1 saturated heterocycles. The van der Waals surface area contributed by atoms with Gasteiger partial charge in [-0.2, -0.15) is 24.4 Å². The maximum absolute atomic E-state index is 4.21. The molecule has 3 heteroatoms. The molecule has 1 aliphatic heterocycles. The molecule has 0 radical (unpaired) electrons. The topological polar surface area (TPSA) is 3.24 Å². The van der Waals surface area contributed by atoms with Gasteiger partial charge in [-0.05, 0) is 18.7 Å². The first-order valence-electron chi connectivity index (χ1n) is 4.27. The molecule has 1 aliphatic rings. The van der Waals surface area contributed by atoms with Crippen LogP contribution in [0.25, 0.3) is 0 Å². The lowest BCUT2D eigenvalue weighted by molar-refractivity contribution is 0.288. The number of rotatable bonds is 3. The number of thiol groups is 1. The molecule has 0 amide bonds. The highest BCUT2D eigenvalue weighted by molar-refractivity contribution is 7.99. The van der Waals surface area contributed by atoms with Crippen LogP contribution in [0.5, 0.6) is 0 Å². The van der Waals surface area contributed by atoms with Crippen molar-refractivity contribution in [3.05, 3.63) is 0 Å². The Balaban J connectivity index is 2.12. The largest absolute Gasteiger partial charge is 0.301 e. The first-order valence-corrected chi connectivity index (χ1v) is 5.96. The highest BCUT2D eigenvalue weighted by Crippen LogP contribution is 2.17. The van der Waals surface area contributed by atoms with E-state index in [4.69, 9.17) is 0 Å². The van der Waals surface area contributed by atoms with E-state index in [-0.39, 0.29) is 0 Å². The highest BCUT2D eigenvalue weighted by Gasteiger charge is 2.15. The van der Waals surface area contributed by atoms with E-state index in [0.29, 0.717) is 0 Å². The molecule has 0 aromatic rings. The molecule has 0 N–H and O–H groups in total. The Morgan fingerprint density at radius 3 is 3.09 bits per heavy atom. The van der Waals surface area contributed by atoms with Crippen molar-refractivity contribution >= 4 is 24.4 Å². The second-order valence-electron chi connectivity index (χ2n) is 3.06. The van der Waals surface area contributed by atoms with Gasteiger partial charge in [0, 0.05) is 24.1 Å². The minimum atomic E-state index is 0.837. The second-order valence-corrected chi connectivity index (χ2v) is 5.05. The van der Waals surface area contributed by atoms with Crippen molar-refractivity contribution in [2.75, 3.05) is 31.1 Å². The summed E-state index contributed by atoms with van der Waals surface area (Å²) < 4.78 is 0. The molecule has 1 heterocycles. The molecule has 0 aromatic heterocycles. The van der Waals surface area contributed by atoms with Crippen molar-refractivity contribution in [3.8, 4) is 0 Å². The molecule has 1 atom stereocenters. The normalized spacial score (nSPS) is 27.3. The highest BCUT2D eigenvalue weighted by atomic mass is 32.2. The van der Waals surface area contributed by atoms with Crippen LogP contribution in [0.3, 0.4) is 0 Å². The van der Waals surface area contributed by atoms with Crippen molar-refractivity contribution < 1.29 is 0 Å². The average molecular weight is 191 g/mol. The lowest BCUT2D eigenvalue weighted by Gasteiger charge is -2.30. The Bertz CT molecular complexity index is 108. The summed E-state index contributed by atoms with van der Waals surface area (Å²) in [5, 5.41) is 0.837. The van der Waals surface area contributed by atoms with Crippen LogP contribution in [-0.4, -0.2) is 41.3 Å². The van der Waals surface area contributed by atoms with Gasteiger partial charge in [0.2, 0.25) is 0 Å². The Kier molecular flexibility index (Phi) is 4.72. The molecule has 66 valence electrons. The van der Waals surface area contributed by atoms with Gasteiger partial charge in [0.05, 0.1) is 0 Å². The smallest absolute Gasteiger partial charge is 0.0147 e. The number of hydrogen-bond acceptors (Lipinski definition) is 3. The van der Waals surface area contributed by atoms with Crippen molar-refractivity contribution in [1.82, 2.24) is 4.90 Å². The minimum absolute atomic E-state index is 0.837. The summed E-state index contributed by atoms with van der Waals surface area (Å²) in [5.74, 6) is 2.34. The second kappa shape index (κ2) is 5.33. The fourth-order valence-corrected chi connectivity index (χ4v) is 2.61. The van der Waals surface area contributed by atoms with Crippen LogP contribution in [-0.2, 0) is 0 Å². The van der Waals surface area contributed by atoms with Crippen LogP contribution in [0.1, 0.15) is 13.3 Å². The predicted molar refractivity (Wildman–Crippen MR) is 56.8 cm³/mol. The zero-order valence-corrected chi connectivity index (χ0v) is 8.83. The summed E-state index contributed by atoms with van der Waals surface area (Å²) >= 11 is 6.31. The summed E-state index contributed by atoms with van der Waals surface area (Å²) in [5.41, 5.74) is 0. The van der Waals surface area contributed by atoms with Crippen LogP contribution in [0.2, 0.25) is 0 Å². The van der Waals surface area contributed by atoms with Crippen molar-refractivity contribution in [1.29, 1.82) is 0 Å². The van der Waals surface area contributed by atoms with E-state index in [9.17, 15) is 0 Å². The van der Waals surface area contributed by atoms with Crippen LogP contribution in [0.4, 0.5) is 0 Å². The van der Waals surface area contributed by atoms with Gasteiger partial charge in [-0.15, -0.1) is 0 Å². The fourth-order valence-electron chi connectivity index (χ4n) is 1.39. The lowest BCUT2D eigenvalue weighted by atomic mass is 10.3. The van der Waals surface area contributed by atoms with E-state index in [1.165, 1.54) is 31.8 Å². The number of thioether (sulfide) groups is 1. The molecule has 1 unspecified atom stereocenters. The fraction of sp³-hybridized carbons (Fsp3) is 1.00. The lowest BCUT2D eigenvalue weighted by Crippen LogP contribution is -2.37. The van der Waals surface area contributed by atoms with Gasteiger partial charge in [0.1, 0.15) is 0 Å². The van der Waals surface area contributed by atoms with Gasteiger partial charge < -0.3 is 4.90 Å². The molecular weight excluding hydrogens is 174 g/mol. The van der Waals surface area contributed by atoms with Gasteiger partial charge in [-0.3, -0.25) is 0 Å². The summed E-state index contributed by atoms with van der Waals surface area (Å²) in [4.78, 5) is 2.55. The SMILES string of the molecule is CC1CN(CCCS)CCS1. The first kappa shape index (κ1) is 9.75. The summed E-state index contributed by atoms with van der Waals surface area (Å²) in [6.45, 7) is 6.12. The summed E-state index contributed by atoms with van der Waals surface area (Å²) in [6, 6.07) is 0. The minimum Gasteiger partial charge on any atom is -0.301 e. The zero-order chi connectivity index (χ0) is 8.10. The molecule has 1 rings (SSSR count). The third-order valence-corrected chi connectivity index (χ3v) is 3.41. The van der Waals surface area contributed by atoms with E-state index < -0.39 is 0 Å². The van der Waals surface area contributed by atoms with Crippen molar-refractivity contribution in [2.24, 2.45) is 0 Å². The number of hydrogen-bond donors (Lipinski definition) is 1. The van der Waals surface area contributed by atoms with Gasteiger partial charge >= 0.3 is 0 Å². The quantitative estimate of drug-likeness (QED) is 0.677. The van der Waals surface area contributed by atoms with E-state index in [0.717, 1.165) is 11.0 Å². The van der Waals surface area contributed by atoms with Gasteiger partial charge in [0.25, 0.3) is 0 Å². The summed E-state index contributed by atoms with van der Waals surface area (Å²) in [6.07, 6.45) is 1.24. The molecule has 0 aromatic carbocycles. The van der Waals surface area contributed by atoms with Crippen LogP contribution >= 0.6 is 24.4 Å². The molecule has 0 aliphatic carbocycles. The molecule has 0 bridgehead atoms. The van der Waals surface area contributed by atoms with E-state index in [1.54, 1.807) is 0 Å². The first-order chi connectivity index (χ1) is 5.33.